The molecular weight excluding hydrogens is 889 g/mol. The average Bonchev–Trinajstić information content (AvgIpc) is 3.61. The predicted octanol–water partition coefficient (Wildman–Crippen LogP) is 15.1. The molecule has 5 aromatic carbocycles. The molecule has 382 valence electrons. The van der Waals surface area contributed by atoms with Gasteiger partial charge in [-0.1, -0.05) is 191 Å². The molecule has 3 aliphatic rings. The number of allylic oxidation sites excluding steroid dienone is 2. The molecule has 0 fully saturated rings. The molecule has 6 heteroatoms. The molecule has 2 heterocycles. The van der Waals surface area contributed by atoms with E-state index in [1.807, 2.05) is 30.4 Å². The number of benzene rings is 5. The predicted molar refractivity (Wildman–Crippen MR) is 295 cm³/mol. The largest absolute Gasteiger partial charge is 0.507 e. The molecule has 2 aliphatic heterocycles. The number of rotatable bonds is 0. The van der Waals surface area contributed by atoms with Crippen LogP contribution in [0.25, 0.3) is 0 Å². The number of ketones is 1. The summed E-state index contributed by atoms with van der Waals surface area (Å²) in [6, 6.07) is 20.9. The Morgan fingerprint density at radius 2 is 0.639 bits per heavy atom. The van der Waals surface area contributed by atoms with E-state index in [0.29, 0.717) is 63.1 Å². The Bertz CT molecular complexity index is 3090. The molecule has 0 aromatic heterocycles. The maximum atomic E-state index is 15.6. The van der Waals surface area contributed by atoms with Gasteiger partial charge in [0.25, 0.3) is 0 Å². The van der Waals surface area contributed by atoms with Crippen molar-refractivity contribution >= 4 is 5.78 Å². The number of carbonyl (C=O) groups is 1. The Labute approximate surface area is 431 Å². The van der Waals surface area contributed by atoms with Crippen LogP contribution in [0.4, 0.5) is 0 Å². The Hall–Kier alpha value is -5.75. The van der Waals surface area contributed by atoms with E-state index >= 15 is 4.79 Å². The molecule has 72 heavy (non-hydrogen) atoms. The SMILES string of the molecule is CC(C)(C)C1=CC23Cc4cc(C(C)(C)C)cc(c4O2)Cc2cc(C(C)(C)C)cc(c2O)Cc2cc(C(C)(C)C)cc(c2O)Cc2cc(C(C)(C)C)cc(c2O)Cc2cc(C(C)(C)C)cc(c2O)CC(=C1)C3=O. The molecule has 0 saturated heterocycles. The minimum atomic E-state index is -1.33. The van der Waals surface area contributed by atoms with Gasteiger partial charge in [-0.3, -0.25) is 4.79 Å². The topological polar surface area (TPSA) is 107 Å². The lowest BCUT2D eigenvalue weighted by Gasteiger charge is -2.34. The highest BCUT2D eigenvalue weighted by atomic mass is 16.5. The summed E-state index contributed by atoms with van der Waals surface area (Å²) < 4.78 is 7.25. The molecule has 0 saturated carbocycles. The quantitative estimate of drug-likeness (QED) is 0.123. The summed E-state index contributed by atoms with van der Waals surface area (Å²) in [5, 5.41) is 50.2. The van der Waals surface area contributed by atoms with Crippen LogP contribution in [-0.2, 0) is 70.4 Å². The minimum absolute atomic E-state index is 0.0993. The number of aromatic hydroxyl groups is 4. The Balaban J connectivity index is 1.44. The van der Waals surface area contributed by atoms with E-state index in [1.165, 1.54) is 0 Å². The number of carbonyl (C=O) groups excluding carboxylic acids is 1. The summed E-state index contributed by atoms with van der Waals surface area (Å²) >= 11 is 0. The number of phenols is 4. The van der Waals surface area contributed by atoms with E-state index in [2.05, 4.69) is 167 Å². The number of Topliss-reactive ketones (excluding diaryl/α,β-unsaturated/α-hetero) is 1. The average molecular weight is 971 g/mol. The van der Waals surface area contributed by atoms with Crippen LogP contribution in [-0.4, -0.2) is 31.8 Å². The molecular formula is C66H82O6. The maximum Gasteiger partial charge on any atom is 0.207 e. The third-order valence-electron chi connectivity index (χ3n) is 15.5. The Morgan fingerprint density at radius 3 is 0.931 bits per heavy atom. The van der Waals surface area contributed by atoms with E-state index in [1.54, 1.807) is 0 Å². The van der Waals surface area contributed by atoms with Crippen LogP contribution in [0.2, 0.25) is 0 Å². The van der Waals surface area contributed by atoms with Crippen molar-refractivity contribution in [2.24, 2.45) is 5.41 Å². The lowest BCUT2D eigenvalue weighted by atomic mass is 9.73. The van der Waals surface area contributed by atoms with Gasteiger partial charge < -0.3 is 25.2 Å². The van der Waals surface area contributed by atoms with Crippen LogP contribution in [0, 0.1) is 5.41 Å². The van der Waals surface area contributed by atoms with Crippen molar-refractivity contribution in [1.29, 1.82) is 0 Å². The molecule has 4 N–H and O–H groups in total. The van der Waals surface area contributed by atoms with Gasteiger partial charge in [0.15, 0.2) is 5.60 Å². The number of phenolic OH excluding ortho intramolecular Hbond substituents is 4. The normalized spacial score (nSPS) is 17.8. The van der Waals surface area contributed by atoms with E-state index in [4.69, 9.17) is 4.74 Å². The first-order valence-corrected chi connectivity index (χ1v) is 26.2. The van der Waals surface area contributed by atoms with E-state index in [-0.39, 0.29) is 87.0 Å². The molecule has 0 amide bonds. The zero-order valence-electron chi connectivity index (χ0n) is 46.8. The zero-order chi connectivity index (χ0) is 53.2. The van der Waals surface area contributed by atoms with Crippen molar-refractivity contribution in [3.8, 4) is 28.7 Å². The van der Waals surface area contributed by atoms with Crippen LogP contribution < -0.4 is 4.74 Å². The smallest absolute Gasteiger partial charge is 0.207 e. The lowest BCUT2D eigenvalue weighted by molar-refractivity contribution is -0.126. The van der Waals surface area contributed by atoms with Crippen LogP contribution in [0.15, 0.2) is 84.0 Å². The number of ether oxygens (including phenoxy) is 1. The summed E-state index contributed by atoms with van der Waals surface area (Å²) in [5.74, 6) is 1.04. The summed E-state index contributed by atoms with van der Waals surface area (Å²) in [5.41, 5.74) is 11.0. The summed E-state index contributed by atoms with van der Waals surface area (Å²) in [6.45, 7) is 39.0. The summed E-state index contributed by atoms with van der Waals surface area (Å²) in [4.78, 5) is 15.6. The second kappa shape index (κ2) is 17.4. The second-order valence-corrected chi connectivity index (χ2v) is 27.8. The van der Waals surface area contributed by atoms with E-state index < -0.39 is 5.60 Å². The van der Waals surface area contributed by atoms with Gasteiger partial charge in [-0.2, -0.15) is 0 Å². The fourth-order valence-corrected chi connectivity index (χ4v) is 10.6. The first kappa shape index (κ1) is 52.6. The van der Waals surface area contributed by atoms with Gasteiger partial charge in [0.05, 0.1) is 0 Å². The van der Waals surface area contributed by atoms with Gasteiger partial charge in [0.2, 0.25) is 5.78 Å². The van der Waals surface area contributed by atoms with Crippen molar-refractivity contribution in [2.45, 2.75) is 196 Å². The molecule has 1 aliphatic carbocycles. The van der Waals surface area contributed by atoms with Crippen molar-refractivity contribution < 1.29 is 30.0 Å². The number of hydrogen-bond acceptors (Lipinski definition) is 6. The standard InChI is InChI=1S/C66H82O6/c1-60(2,3)48-24-37-19-38-25-49(61(4,5)6)27-40(55(38)68)21-42-29-51(63(10,11)12)31-44(57(42)70)23-46-33-53(65(16,17)18)36-66(59(46)71)35-47-34-52(64(13,14)15)32-45(58(47)72-66)22-43-30-50(62(7,8)9)28-41(56(43)69)20-39(26-48)54(37)67/h24-34,36,67-70H,19-23,35H2,1-18H3. The van der Waals surface area contributed by atoms with Gasteiger partial charge in [0, 0.05) is 44.1 Å². The zero-order valence-corrected chi connectivity index (χ0v) is 46.8. The monoisotopic (exact) mass is 971 g/mol. The molecule has 1 unspecified atom stereocenters. The Kier molecular flexibility index (Phi) is 12.7. The van der Waals surface area contributed by atoms with Gasteiger partial charge in [-0.25, -0.2) is 0 Å². The highest BCUT2D eigenvalue weighted by Crippen LogP contribution is 2.49. The van der Waals surface area contributed by atoms with E-state index in [9.17, 15) is 20.4 Å². The van der Waals surface area contributed by atoms with Crippen molar-refractivity contribution in [3.63, 3.8) is 0 Å². The van der Waals surface area contributed by atoms with Crippen LogP contribution in [0.3, 0.4) is 0 Å². The van der Waals surface area contributed by atoms with Crippen LogP contribution >= 0.6 is 0 Å². The molecule has 1 spiro atoms. The van der Waals surface area contributed by atoms with Crippen molar-refractivity contribution in [2.75, 3.05) is 0 Å². The first-order chi connectivity index (χ1) is 32.9. The maximum absolute atomic E-state index is 15.6. The molecule has 0 radical (unpaired) electrons. The second-order valence-electron chi connectivity index (χ2n) is 27.8. The summed E-state index contributed by atoms with van der Waals surface area (Å²) in [6.07, 6.45) is 5.67. The Morgan fingerprint density at radius 1 is 0.375 bits per heavy atom. The molecule has 8 rings (SSSR count). The first-order valence-electron chi connectivity index (χ1n) is 26.2. The highest BCUT2D eigenvalue weighted by molar-refractivity contribution is 6.06. The van der Waals surface area contributed by atoms with Gasteiger partial charge in [0.1, 0.15) is 28.7 Å². The molecule has 5 aromatic rings. The van der Waals surface area contributed by atoms with Gasteiger partial charge in [-0.05, 0) is 128 Å². The van der Waals surface area contributed by atoms with E-state index in [0.717, 1.165) is 50.1 Å². The van der Waals surface area contributed by atoms with Crippen molar-refractivity contribution in [3.05, 3.63) is 167 Å². The van der Waals surface area contributed by atoms with Gasteiger partial charge in [-0.15, -0.1) is 0 Å². The molecule has 6 nitrogen and oxygen atoms in total. The third kappa shape index (κ3) is 10.1. The lowest BCUT2D eigenvalue weighted by Crippen LogP contribution is -2.45. The minimum Gasteiger partial charge on any atom is -0.507 e. The fraction of sp³-hybridized carbons (Fsp3) is 0.470. The summed E-state index contributed by atoms with van der Waals surface area (Å²) in [7, 11) is 0. The fourth-order valence-electron chi connectivity index (χ4n) is 10.6. The number of fused-ring (bicyclic) bond motifs is 9. The number of hydrogen-bond donors (Lipinski definition) is 4. The third-order valence-corrected chi connectivity index (χ3v) is 15.5. The highest BCUT2D eigenvalue weighted by Gasteiger charge is 2.49. The molecule has 1 atom stereocenters. The van der Waals surface area contributed by atoms with Crippen LogP contribution in [0.1, 0.15) is 208 Å². The van der Waals surface area contributed by atoms with Crippen LogP contribution in [0.5, 0.6) is 28.7 Å². The van der Waals surface area contributed by atoms with Crippen molar-refractivity contribution in [1.82, 2.24) is 0 Å². The molecule has 11 bridgehead atoms. The van der Waals surface area contributed by atoms with Gasteiger partial charge >= 0.3 is 0 Å².